The summed E-state index contributed by atoms with van der Waals surface area (Å²) in [5.74, 6) is 0. The molecule has 7 nitrogen and oxygen atoms in total. The fourth-order valence-corrected chi connectivity index (χ4v) is 8.21. The van der Waals surface area contributed by atoms with Crippen LogP contribution in [0.3, 0.4) is 0 Å². The van der Waals surface area contributed by atoms with Crippen LogP contribution in [0.25, 0.3) is 0 Å². The third kappa shape index (κ3) is 3.98. The van der Waals surface area contributed by atoms with Gasteiger partial charge in [0.15, 0.2) is 0 Å². The zero-order chi connectivity index (χ0) is 21.6. The van der Waals surface area contributed by atoms with Crippen LogP contribution in [0.4, 0.5) is 11.4 Å². The number of para-hydroxylation sites is 2. The highest BCUT2D eigenvalue weighted by Gasteiger charge is 2.39. The molecule has 0 atom stereocenters. The Morgan fingerprint density at radius 3 is 2.17 bits per heavy atom. The molecule has 164 valence electrons. The number of nitrogens with one attached hydrogen (secondary N) is 1. The van der Waals surface area contributed by atoms with E-state index >= 15 is 0 Å². The largest absolute Gasteiger partial charge is 0.370 e. The van der Waals surface area contributed by atoms with E-state index in [9.17, 15) is 16.8 Å². The first-order chi connectivity index (χ1) is 14.1. The van der Waals surface area contributed by atoms with Crippen molar-refractivity contribution in [3.05, 3.63) is 36.4 Å². The summed E-state index contributed by atoms with van der Waals surface area (Å²) in [6.45, 7) is 1.84. The predicted molar refractivity (Wildman–Crippen MR) is 120 cm³/mol. The van der Waals surface area contributed by atoms with Gasteiger partial charge < -0.3 is 4.90 Å². The second-order valence-corrected chi connectivity index (χ2v) is 13.7. The number of thiophene rings is 1. The van der Waals surface area contributed by atoms with Gasteiger partial charge in [-0.05, 0) is 55.4 Å². The van der Waals surface area contributed by atoms with Gasteiger partial charge in [0.25, 0.3) is 20.0 Å². The standard InChI is InChI=1S/C20H27N3O4S3/c1-22(2)30(26,27)19-9-8-18(28-19)29(24,25)21-16-6-3-4-7-17(16)23-14-12-20(13-15-23)10-5-11-20/h3-4,6-9,21H,5,10-15H2,1-2H3. The quantitative estimate of drug-likeness (QED) is 0.699. The Morgan fingerprint density at radius 1 is 0.933 bits per heavy atom. The van der Waals surface area contributed by atoms with Crippen molar-refractivity contribution in [2.45, 2.75) is 40.5 Å². The van der Waals surface area contributed by atoms with E-state index in [4.69, 9.17) is 0 Å². The van der Waals surface area contributed by atoms with E-state index < -0.39 is 20.0 Å². The fraction of sp³-hybridized carbons (Fsp3) is 0.500. The molecule has 2 aromatic rings. The molecule has 0 bridgehead atoms. The van der Waals surface area contributed by atoms with Gasteiger partial charge >= 0.3 is 0 Å². The molecule has 1 aliphatic carbocycles. The minimum absolute atomic E-state index is 0.00277. The molecule has 0 amide bonds. The Kier molecular flexibility index (Phi) is 5.63. The number of sulfonamides is 2. The van der Waals surface area contributed by atoms with Gasteiger partial charge in [0.1, 0.15) is 8.42 Å². The molecule has 1 saturated carbocycles. The van der Waals surface area contributed by atoms with Crippen molar-refractivity contribution in [3.63, 3.8) is 0 Å². The molecule has 10 heteroatoms. The lowest BCUT2D eigenvalue weighted by atomic mass is 9.63. The van der Waals surface area contributed by atoms with Crippen molar-refractivity contribution in [3.8, 4) is 0 Å². The molecule has 2 fully saturated rings. The summed E-state index contributed by atoms with van der Waals surface area (Å²) < 4.78 is 54.3. The first-order valence-corrected chi connectivity index (χ1v) is 13.8. The van der Waals surface area contributed by atoms with Crippen molar-refractivity contribution in [1.82, 2.24) is 4.31 Å². The molecule has 1 spiro atoms. The molecule has 2 heterocycles. The van der Waals surface area contributed by atoms with E-state index in [1.165, 1.54) is 45.5 Å². The van der Waals surface area contributed by atoms with Gasteiger partial charge in [-0.15, -0.1) is 11.3 Å². The average Bonchev–Trinajstić information content (AvgIpc) is 3.19. The first-order valence-electron chi connectivity index (χ1n) is 10.0. The van der Waals surface area contributed by atoms with Crippen molar-refractivity contribution < 1.29 is 16.8 Å². The summed E-state index contributed by atoms with van der Waals surface area (Å²) in [6.07, 6.45) is 6.23. The smallest absolute Gasteiger partial charge is 0.271 e. The molecular weight excluding hydrogens is 442 g/mol. The summed E-state index contributed by atoms with van der Waals surface area (Å²) in [7, 11) is -4.73. The van der Waals surface area contributed by atoms with E-state index in [0.717, 1.165) is 47.3 Å². The maximum Gasteiger partial charge on any atom is 0.271 e. The van der Waals surface area contributed by atoms with E-state index in [1.807, 2.05) is 12.1 Å². The maximum atomic E-state index is 13.0. The minimum atomic E-state index is -3.90. The molecule has 30 heavy (non-hydrogen) atoms. The molecular formula is C20H27N3O4S3. The van der Waals surface area contributed by atoms with Crippen LogP contribution in [0, 0.1) is 5.41 Å². The summed E-state index contributed by atoms with van der Waals surface area (Å²) >= 11 is 0.752. The first kappa shape index (κ1) is 21.6. The number of nitrogens with zero attached hydrogens (tertiary/aromatic N) is 2. The molecule has 0 radical (unpaired) electrons. The van der Waals surface area contributed by atoms with Crippen molar-refractivity contribution in [2.24, 2.45) is 5.41 Å². The lowest BCUT2D eigenvalue weighted by Crippen LogP contribution is -2.43. The molecule has 2 aliphatic rings. The number of hydrogen-bond acceptors (Lipinski definition) is 6. The van der Waals surface area contributed by atoms with E-state index in [1.54, 1.807) is 12.1 Å². The number of piperidine rings is 1. The van der Waals surface area contributed by atoms with Gasteiger partial charge in [0.2, 0.25) is 0 Å². The van der Waals surface area contributed by atoms with Crippen LogP contribution >= 0.6 is 11.3 Å². The van der Waals surface area contributed by atoms with Crippen molar-refractivity contribution in [1.29, 1.82) is 0 Å². The van der Waals surface area contributed by atoms with Gasteiger partial charge in [-0.25, -0.2) is 21.1 Å². The van der Waals surface area contributed by atoms with Crippen molar-refractivity contribution in [2.75, 3.05) is 36.8 Å². The number of benzene rings is 1. The highest BCUT2D eigenvalue weighted by Crippen LogP contribution is 2.49. The Hall–Kier alpha value is -1.62. The third-order valence-corrected chi connectivity index (χ3v) is 11.5. The van der Waals surface area contributed by atoms with Gasteiger partial charge in [0.05, 0.1) is 11.4 Å². The van der Waals surface area contributed by atoms with Crippen LogP contribution in [0.5, 0.6) is 0 Å². The maximum absolute atomic E-state index is 13.0. The van der Waals surface area contributed by atoms with Crippen LogP contribution in [0.1, 0.15) is 32.1 Å². The Labute approximate surface area is 182 Å². The Morgan fingerprint density at radius 2 is 1.57 bits per heavy atom. The molecule has 1 saturated heterocycles. The fourth-order valence-electron chi connectivity index (χ4n) is 4.20. The monoisotopic (exact) mass is 469 g/mol. The van der Waals surface area contributed by atoms with Crippen LogP contribution in [0.15, 0.2) is 44.8 Å². The van der Waals surface area contributed by atoms with Gasteiger partial charge in [-0.3, -0.25) is 4.72 Å². The minimum Gasteiger partial charge on any atom is -0.370 e. The molecule has 1 aliphatic heterocycles. The third-order valence-electron chi connectivity index (χ3n) is 6.28. The van der Waals surface area contributed by atoms with Crippen LogP contribution in [-0.2, 0) is 20.0 Å². The van der Waals surface area contributed by atoms with Gasteiger partial charge in [-0.1, -0.05) is 18.6 Å². The topological polar surface area (TPSA) is 86.8 Å². The lowest BCUT2D eigenvalue weighted by Gasteiger charge is -2.48. The highest BCUT2D eigenvalue weighted by molar-refractivity contribution is 7.96. The Bertz CT molecular complexity index is 1130. The summed E-state index contributed by atoms with van der Waals surface area (Å²) in [4.78, 5) is 2.25. The highest BCUT2D eigenvalue weighted by atomic mass is 32.3. The van der Waals surface area contributed by atoms with Gasteiger partial charge in [-0.2, -0.15) is 0 Å². The SMILES string of the molecule is CN(C)S(=O)(=O)c1ccc(S(=O)(=O)Nc2ccccc2N2CCC3(CCC3)CC2)s1. The lowest BCUT2D eigenvalue weighted by molar-refractivity contribution is 0.0955. The second-order valence-electron chi connectivity index (χ2n) is 8.32. The van der Waals surface area contributed by atoms with Gasteiger partial charge in [0, 0.05) is 27.2 Å². The second kappa shape index (κ2) is 7.81. The van der Waals surface area contributed by atoms with E-state index in [2.05, 4.69) is 9.62 Å². The normalized spacial score (nSPS) is 19.1. The molecule has 0 unspecified atom stereocenters. The summed E-state index contributed by atoms with van der Waals surface area (Å²) in [5.41, 5.74) is 1.90. The summed E-state index contributed by atoms with van der Waals surface area (Å²) in [6, 6.07) is 10.1. The average molecular weight is 470 g/mol. The van der Waals surface area contributed by atoms with Crippen LogP contribution < -0.4 is 9.62 Å². The number of anilines is 2. The van der Waals surface area contributed by atoms with E-state index in [0.29, 0.717) is 11.1 Å². The number of hydrogen-bond donors (Lipinski definition) is 1. The van der Waals surface area contributed by atoms with Crippen LogP contribution in [0.2, 0.25) is 0 Å². The van der Waals surface area contributed by atoms with Crippen molar-refractivity contribution >= 4 is 42.8 Å². The molecule has 1 N–H and O–H groups in total. The molecule has 4 rings (SSSR count). The molecule has 1 aromatic carbocycles. The van der Waals surface area contributed by atoms with Crippen LogP contribution in [-0.4, -0.2) is 48.3 Å². The summed E-state index contributed by atoms with van der Waals surface area (Å²) in [5, 5.41) is 0. The molecule has 1 aromatic heterocycles. The van der Waals surface area contributed by atoms with E-state index in [-0.39, 0.29) is 8.42 Å². The number of rotatable bonds is 6. The zero-order valence-corrected chi connectivity index (χ0v) is 19.6. The predicted octanol–water partition coefficient (Wildman–Crippen LogP) is 3.57. The Balaban J connectivity index is 1.55. The zero-order valence-electron chi connectivity index (χ0n) is 17.2.